The molecule has 4 aromatic rings. The summed E-state index contributed by atoms with van der Waals surface area (Å²) in [6.07, 6.45) is 0. The summed E-state index contributed by atoms with van der Waals surface area (Å²) < 4.78 is 29.4. The van der Waals surface area contributed by atoms with Crippen LogP contribution in [0.1, 0.15) is 0 Å². The molecule has 0 saturated heterocycles. The predicted octanol–water partition coefficient (Wildman–Crippen LogP) is 7.96. The van der Waals surface area contributed by atoms with Crippen molar-refractivity contribution in [3.8, 4) is 5.75 Å². The van der Waals surface area contributed by atoms with E-state index < -0.39 is 10.9 Å². The van der Waals surface area contributed by atoms with Crippen LogP contribution in [-0.4, -0.2) is 18.8 Å². The Morgan fingerprint density at radius 3 is 1.71 bits per heavy atom. The van der Waals surface area contributed by atoms with Gasteiger partial charge in [0.1, 0.15) is 16.6 Å². The van der Waals surface area contributed by atoms with Crippen molar-refractivity contribution in [3.05, 3.63) is 84.9 Å². The van der Waals surface area contributed by atoms with Crippen LogP contribution >= 0.6 is 10.9 Å². The zero-order chi connectivity index (χ0) is 21.8. The highest BCUT2D eigenvalue weighted by molar-refractivity contribution is 8.19. The number of hydrogen-bond acceptors (Lipinski definition) is 8. The summed E-state index contributed by atoms with van der Waals surface area (Å²) in [4.78, 5) is -0.305. The van der Waals surface area contributed by atoms with Crippen LogP contribution in [0.3, 0.4) is 0 Å². The van der Waals surface area contributed by atoms with Gasteiger partial charge in [-0.1, -0.05) is 42.5 Å². The molecule has 0 bridgehead atoms. The lowest BCUT2D eigenvalue weighted by Gasteiger charge is -2.22. The SMILES string of the molecule is Oc1c(N=Nc2ccc(N=Nc3ccccc3)cc2)c(S(O)(O)O)cc2ccccc12. The molecule has 31 heavy (non-hydrogen) atoms. The summed E-state index contributed by atoms with van der Waals surface area (Å²) in [6, 6.07) is 24.2. The molecular formula is C22H18N4O4S. The fourth-order valence-corrected chi connectivity index (χ4v) is 3.58. The fourth-order valence-electron chi connectivity index (χ4n) is 2.90. The number of fused-ring (bicyclic) bond motifs is 1. The monoisotopic (exact) mass is 434 g/mol. The highest BCUT2D eigenvalue weighted by atomic mass is 32.3. The molecule has 0 radical (unpaired) electrons. The lowest BCUT2D eigenvalue weighted by molar-refractivity contribution is 0.375. The first kappa shape index (κ1) is 20.6. The van der Waals surface area contributed by atoms with Crippen molar-refractivity contribution >= 4 is 44.4 Å². The van der Waals surface area contributed by atoms with Gasteiger partial charge in [0, 0.05) is 5.39 Å². The van der Waals surface area contributed by atoms with Gasteiger partial charge in [-0.3, -0.25) is 0 Å². The molecule has 0 fully saturated rings. The molecular weight excluding hydrogens is 416 g/mol. The number of azo groups is 2. The lowest BCUT2D eigenvalue weighted by Crippen LogP contribution is -1.96. The van der Waals surface area contributed by atoms with Crippen molar-refractivity contribution in [2.45, 2.75) is 4.90 Å². The molecule has 0 amide bonds. The van der Waals surface area contributed by atoms with Gasteiger partial charge < -0.3 is 18.8 Å². The van der Waals surface area contributed by atoms with E-state index in [1.165, 1.54) is 6.07 Å². The maximum Gasteiger partial charge on any atom is 0.152 e. The molecule has 0 saturated carbocycles. The second kappa shape index (κ2) is 8.62. The van der Waals surface area contributed by atoms with Gasteiger partial charge in [0.15, 0.2) is 5.75 Å². The zero-order valence-electron chi connectivity index (χ0n) is 16.1. The average molecular weight is 434 g/mol. The zero-order valence-corrected chi connectivity index (χ0v) is 16.9. The molecule has 8 nitrogen and oxygen atoms in total. The van der Waals surface area contributed by atoms with Crippen molar-refractivity contribution in [1.29, 1.82) is 0 Å². The van der Waals surface area contributed by atoms with E-state index in [0.717, 1.165) is 5.69 Å². The van der Waals surface area contributed by atoms with Crippen LogP contribution in [-0.2, 0) is 0 Å². The Morgan fingerprint density at radius 2 is 1.10 bits per heavy atom. The molecule has 0 heterocycles. The standard InChI is InChI=1S/C22H18N4O4S/c27-22-19-9-5-4-6-15(19)14-20(31(28,29)30)21(22)26-25-18-12-10-17(11-13-18)24-23-16-7-2-1-3-8-16/h1-14,27-30H. The maximum absolute atomic E-state index is 10.6. The quantitative estimate of drug-likeness (QED) is 0.237. The number of rotatable bonds is 5. The minimum atomic E-state index is -4.13. The fraction of sp³-hybridized carbons (Fsp3) is 0. The normalized spacial score (nSPS) is 12.7. The van der Waals surface area contributed by atoms with Crippen LogP contribution < -0.4 is 0 Å². The van der Waals surface area contributed by atoms with Crippen molar-refractivity contribution < 1.29 is 18.8 Å². The lowest BCUT2D eigenvalue weighted by atomic mass is 10.1. The molecule has 4 N–H and O–H groups in total. The smallest absolute Gasteiger partial charge is 0.152 e. The van der Waals surface area contributed by atoms with Gasteiger partial charge in [-0.05, 0) is 47.9 Å². The maximum atomic E-state index is 10.6. The molecule has 156 valence electrons. The minimum Gasteiger partial charge on any atom is -0.505 e. The van der Waals surface area contributed by atoms with Gasteiger partial charge in [-0.2, -0.15) is 15.3 Å². The molecule has 0 unspecified atom stereocenters. The third-order valence-corrected chi connectivity index (χ3v) is 5.31. The Hall–Kier alpha value is -3.63. The van der Waals surface area contributed by atoms with Crippen LogP contribution in [0.15, 0.2) is 110 Å². The Labute approximate surface area is 179 Å². The first-order chi connectivity index (χ1) is 14.9. The number of phenolic OH excluding ortho intramolecular Hbond substituents is 1. The Kier molecular flexibility index (Phi) is 5.74. The van der Waals surface area contributed by atoms with Gasteiger partial charge in [0.2, 0.25) is 0 Å². The van der Waals surface area contributed by atoms with E-state index >= 15 is 0 Å². The molecule has 0 aliphatic rings. The van der Waals surface area contributed by atoms with E-state index in [4.69, 9.17) is 0 Å². The summed E-state index contributed by atoms with van der Waals surface area (Å²) in [5.74, 6) is -0.306. The van der Waals surface area contributed by atoms with Crippen molar-refractivity contribution in [2.24, 2.45) is 20.5 Å². The number of aromatic hydroxyl groups is 1. The van der Waals surface area contributed by atoms with Gasteiger partial charge in [-0.25, -0.2) is 0 Å². The second-order valence-corrected chi connectivity index (χ2v) is 8.04. The summed E-state index contributed by atoms with van der Waals surface area (Å²) in [6.45, 7) is 0. The molecule has 4 aromatic carbocycles. The highest BCUT2D eigenvalue weighted by Gasteiger charge is 2.25. The molecule has 0 aliphatic carbocycles. The van der Waals surface area contributed by atoms with Crippen LogP contribution in [0.2, 0.25) is 0 Å². The van der Waals surface area contributed by atoms with Crippen molar-refractivity contribution in [1.82, 2.24) is 0 Å². The first-order valence-electron chi connectivity index (χ1n) is 9.16. The molecule has 4 rings (SSSR count). The third kappa shape index (κ3) is 4.76. The van der Waals surface area contributed by atoms with Gasteiger partial charge in [-0.15, -0.1) is 5.11 Å². The third-order valence-electron chi connectivity index (χ3n) is 4.41. The highest BCUT2D eigenvalue weighted by Crippen LogP contribution is 2.54. The Morgan fingerprint density at radius 1 is 0.581 bits per heavy atom. The van der Waals surface area contributed by atoms with E-state index in [9.17, 15) is 18.8 Å². The van der Waals surface area contributed by atoms with Gasteiger partial charge in [0.05, 0.1) is 22.0 Å². The van der Waals surface area contributed by atoms with Crippen LogP contribution in [0, 0.1) is 0 Å². The van der Waals surface area contributed by atoms with Crippen LogP contribution in [0.5, 0.6) is 5.75 Å². The predicted molar refractivity (Wildman–Crippen MR) is 121 cm³/mol. The molecule has 0 aromatic heterocycles. The largest absolute Gasteiger partial charge is 0.505 e. The van der Waals surface area contributed by atoms with Gasteiger partial charge >= 0.3 is 0 Å². The molecule has 9 heteroatoms. The van der Waals surface area contributed by atoms with E-state index in [2.05, 4.69) is 20.5 Å². The number of nitrogens with zero attached hydrogens (tertiary/aromatic N) is 4. The van der Waals surface area contributed by atoms with Crippen LogP contribution in [0.25, 0.3) is 10.8 Å². The number of hydrogen-bond donors (Lipinski definition) is 4. The molecule has 0 atom stereocenters. The van der Waals surface area contributed by atoms with E-state index in [0.29, 0.717) is 22.1 Å². The first-order valence-corrected chi connectivity index (χ1v) is 10.7. The van der Waals surface area contributed by atoms with Crippen molar-refractivity contribution in [2.75, 3.05) is 0 Å². The summed E-state index contributed by atoms with van der Waals surface area (Å²) in [5.41, 5.74) is 1.57. The van der Waals surface area contributed by atoms with E-state index in [1.807, 2.05) is 30.3 Å². The van der Waals surface area contributed by atoms with E-state index in [-0.39, 0.29) is 16.3 Å². The Bertz CT molecular complexity index is 1270. The van der Waals surface area contributed by atoms with Crippen LogP contribution in [0.4, 0.5) is 22.7 Å². The Balaban J connectivity index is 1.64. The van der Waals surface area contributed by atoms with Crippen molar-refractivity contribution in [3.63, 3.8) is 0 Å². The summed E-state index contributed by atoms with van der Waals surface area (Å²) in [5, 5.41) is 27.9. The summed E-state index contributed by atoms with van der Waals surface area (Å²) in [7, 11) is -4.13. The molecule has 0 spiro atoms. The topological polar surface area (TPSA) is 130 Å². The average Bonchev–Trinajstić information content (AvgIpc) is 2.78. The molecule has 0 aliphatic heterocycles. The van der Waals surface area contributed by atoms with Gasteiger partial charge in [0.25, 0.3) is 0 Å². The number of benzene rings is 4. The summed E-state index contributed by atoms with van der Waals surface area (Å²) >= 11 is 0. The second-order valence-electron chi connectivity index (χ2n) is 6.56. The van der Waals surface area contributed by atoms with E-state index in [1.54, 1.807) is 48.5 Å². The minimum absolute atomic E-state index is 0.214. The number of phenols is 1.